The van der Waals surface area contributed by atoms with Crippen LogP contribution in [0.3, 0.4) is 0 Å². The second kappa shape index (κ2) is 5.45. The topological polar surface area (TPSA) is 71.2 Å². The molecule has 0 radical (unpaired) electrons. The van der Waals surface area contributed by atoms with Gasteiger partial charge in [0.1, 0.15) is 11.9 Å². The molecule has 20 heavy (non-hydrogen) atoms. The highest BCUT2D eigenvalue weighted by Gasteiger charge is 2.34. The number of rotatable bonds is 2. The van der Waals surface area contributed by atoms with Crippen molar-refractivity contribution in [1.82, 2.24) is 10.3 Å². The molecular weight excluding hydrogens is 297 g/mol. The Labute approximate surface area is 117 Å². The van der Waals surface area contributed by atoms with Crippen LogP contribution in [0.4, 0.5) is 19.0 Å². The van der Waals surface area contributed by atoms with Crippen LogP contribution in [0.15, 0.2) is 12.3 Å². The number of anilines is 1. The Morgan fingerprint density at radius 3 is 2.80 bits per heavy atom. The molecule has 1 aliphatic rings. The maximum absolute atomic E-state index is 12.6. The Morgan fingerprint density at radius 2 is 2.25 bits per heavy atom. The highest BCUT2D eigenvalue weighted by atomic mass is 35.5. The number of halogens is 4. The van der Waals surface area contributed by atoms with E-state index in [-0.39, 0.29) is 10.8 Å². The Bertz CT molecular complexity index is 523. The fourth-order valence-electron chi connectivity index (χ4n) is 2.01. The Morgan fingerprint density at radius 1 is 1.55 bits per heavy atom. The number of carbonyl (C=O) groups excluding carboxylic acids is 1. The van der Waals surface area contributed by atoms with E-state index in [4.69, 9.17) is 17.3 Å². The van der Waals surface area contributed by atoms with E-state index >= 15 is 0 Å². The van der Waals surface area contributed by atoms with Gasteiger partial charge in [0, 0.05) is 25.8 Å². The van der Waals surface area contributed by atoms with E-state index in [1.165, 1.54) is 4.90 Å². The number of piperazine rings is 1. The summed E-state index contributed by atoms with van der Waals surface area (Å²) in [5, 5.41) is 2.82. The number of hydrogen-bond acceptors (Lipinski definition) is 4. The summed E-state index contributed by atoms with van der Waals surface area (Å²) in [5.74, 6) is -0.458. The molecule has 110 valence electrons. The number of nitrogens with zero attached hydrogens (tertiary/aromatic N) is 2. The second-order valence-electron chi connectivity index (χ2n) is 4.34. The van der Waals surface area contributed by atoms with Crippen molar-refractivity contribution in [3.63, 3.8) is 0 Å². The van der Waals surface area contributed by atoms with Crippen LogP contribution in [0.25, 0.3) is 0 Å². The average molecular weight is 309 g/mol. The lowest BCUT2D eigenvalue weighted by molar-refractivity contribution is -0.137. The molecular formula is C11H12ClF3N4O. The maximum Gasteiger partial charge on any atom is 0.417 e. The van der Waals surface area contributed by atoms with Gasteiger partial charge in [-0.05, 0) is 6.07 Å². The molecule has 5 nitrogen and oxygen atoms in total. The number of nitrogens with two attached hydrogens (primary N) is 1. The Hall–Kier alpha value is -1.54. The van der Waals surface area contributed by atoms with Gasteiger partial charge in [0.2, 0.25) is 5.91 Å². The second-order valence-corrected chi connectivity index (χ2v) is 4.75. The minimum atomic E-state index is -4.51. The summed E-state index contributed by atoms with van der Waals surface area (Å²) in [6.45, 7) is 1.24. The molecule has 1 aromatic heterocycles. The smallest absolute Gasteiger partial charge is 0.368 e. The third kappa shape index (κ3) is 2.96. The normalized spacial score (nSPS) is 20.0. The van der Waals surface area contributed by atoms with Gasteiger partial charge >= 0.3 is 6.18 Å². The van der Waals surface area contributed by atoms with Gasteiger partial charge < -0.3 is 16.0 Å². The first kappa shape index (κ1) is 14.9. The van der Waals surface area contributed by atoms with Crippen LogP contribution in [-0.2, 0) is 11.0 Å². The molecule has 0 aromatic carbocycles. The molecule has 1 atom stereocenters. The predicted octanol–water partition coefficient (Wildman–Crippen LogP) is 1.02. The lowest BCUT2D eigenvalue weighted by Gasteiger charge is -2.35. The fraction of sp³-hybridized carbons (Fsp3) is 0.455. The van der Waals surface area contributed by atoms with E-state index < -0.39 is 23.7 Å². The predicted molar refractivity (Wildman–Crippen MR) is 67.4 cm³/mol. The molecule has 1 amide bonds. The number of carbonyl (C=O) groups is 1. The summed E-state index contributed by atoms with van der Waals surface area (Å²) < 4.78 is 37.7. The number of hydrogen-bond donors (Lipinski definition) is 2. The highest BCUT2D eigenvalue weighted by molar-refractivity contribution is 6.33. The molecule has 1 fully saturated rings. The van der Waals surface area contributed by atoms with E-state index in [2.05, 4.69) is 10.3 Å². The van der Waals surface area contributed by atoms with Gasteiger partial charge in [0.25, 0.3) is 0 Å². The summed E-state index contributed by atoms with van der Waals surface area (Å²) in [7, 11) is 0. The van der Waals surface area contributed by atoms with Gasteiger partial charge in [-0.3, -0.25) is 4.79 Å². The minimum Gasteiger partial charge on any atom is -0.368 e. The molecule has 2 heterocycles. The maximum atomic E-state index is 12.6. The zero-order chi connectivity index (χ0) is 14.9. The molecule has 1 saturated heterocycles. The van der Waals surface area contributed by atoms with Crippen LogP contribution in [0.1, 0.15) is 5.56 Å². The van der Waals surface area contributed by atoms with E-state index in [1.807, 2.05) is 0 Å². The standard InChI is InChI=1S/C11H12ClF3N4O/c12-7-3-6(11(13,14)15)4-18-10(7)19-2-1-17-5-8(19)9(16)20/h3-4,8,17H,1-2,5H2,(H2,16,20). The van der Waals surface area contributed by atoms with Gasteiger partial charge in [-0.15, -0.1) is 0 Å². The third-order valence-corrected chi connectivity index (χ3v) is 3.27. The van der Waals surface area contributed by atoms with Gasteiger partial charge in [0.15, 0.2) is 0 Å². The molecule has 1 aliphatic heterocycles. The van der Waals surface area contributed by atoms with E-state index in [0.29, 0.717) is 25.8 Å². The van der Waals surface area contributed by atoms with Crippen molar-refractivity contribution in [2.75, 3.05) is 24.5 Å². The van der Waals surface area contributed by atoms with Crippen molar-refractivity contribution in [1.29, 1.82) is 0 Å². The van der Waals surface area contributed by atoms with Crippen molar-refractivity contribution in [2.45, 2.75) is 12.2 Å². The van der Waals surface area contributed by atoms with Gasteiger partial charge in [-0.2, -0.15) is 13.2 Å². The number of primary amides is 1. The molecule has 1 aromatic rings. The molecule has 0 bridgehead atoms. The van der Waals surface area contributed by atoms with Crippen molar-refractivity contribution in [2.24, 2.45) is 5.73 Å². The fourth-order valence-corrected chi connectivity index (χ4v) is 2.28. The summed E-state index contributed by atoms with van der Waals surface area (Å²) in [6, 6.07) is 0.106. The summed E-state index contributed by atoms with van der Waals surface area (Å²) in [4.78, 5) is 16.6. The van der Waals surface area contributed by atoms with Crippen LogP contribution in [0, 0.1) is 0 Å². The number of nitrogens with one attached hydrogen (secondary N) is 1. The van der Waals surface area contributed by atoms with Crippen LogP contribution in [0.5, 0.6) is 0 Å². The first-order valence-corrected chi connectivity index (χ1v) is 6.18. The van der Waals surface area contributed by atoms with Crippen molar-refractivity contribution < 1.29 is 18.0 Å². The van der Waals surface area contributed by atoms with E-state index in [9.17, 15) is 18.0 Å². The van der Waals surface area contributed by atoms with Gasteiger partial charge in [0.05, 0.1) is 10.6 Å². The average Bonchev–Trinajstić information content (AvgIpc) is 2.37. The number of amides is 1. The van der Waals surface area contributed by atoms with Crippen LogP contribution in [-0.4, -0.2) is 36.6 Å². The largest absolute Gasteiger partial charge is 0.417 e. The first-order valence-electron chi connectivity index (χ1n) is 5.80. The molecule has 9 heteroatoms. The lowest BCUT2D eigenvalue weighted by atomic mass is 10.1. The highest BCUT2D eigenvalue weighted by Crippen LogP contribution is 2.34. The number of pyridine rings is 1. The van der Waals surface area contributed by atoms with Crippen molar-refractivity contribution in [3.05, 3.63) is 22.8 Å². The molecule has 3 N–H and O–H groups in total. The SMILES string of the molecule is NC(=O)C1CNCCN1c1ncc(C(F)(F)F)cc1Cl. The molecule has 2 rings (SSSR count). The lowest BCUT2D eigenvalue weighted by Crippen LogP contribution is -2.57. The molecule has 0 aliphatic carbocycles. The Kier molecular flexibility index (Phi) is 4.05. The molecule has 0 saturated carbocycles. The molecule has 0 spiro atoms. The molecule has 1 unspecified atom stereocenters. The van der Waals surface area contributed by atoms with Crippen LogP contribution in [0.2, 0.25) is 5.02 Å². The zero-order valence-corrected chi connectivity index (χ0v) is 11.0. The first-order chi connectivity index (χ1) is 9.30. The van der Waals surface area contributed by atoms with Gasteiger partial charge in [-0.1, -0.05) is 11.6 Å². The number of alkyl halides is 3. The van der Waals surface area contributed by atoms with Crippen molar-refractivity contribution >= 4 is 23.3 Å². The summed E-state index contributed by atoms with van der Waals surface area (Å²) in [6.07, 6.45) is -3.82. The quantitative estimate of drug-likeness (QED) is 0.855. The zero-order valence-electron chi connectivity index (χ0n) is 10.2. The Balaban J connectivity index is 2.34. The van der Waals surface area contributed by atoms with Crippen LogP contribution < -0.4 is 16.0 Å². The third-order valence-electron chi connectivity index (χ3n) is 2.99. The number of aromatic nitrogens is 1. The van der Waals surface area contributed by atoms with Gasteiger partial charge in [-0.25, -0.2) is 4.98 Å². The summed E-state index contributed by atoms with van der Waals surface area (Å²) >= 11 is 5.86. The minimum absolute atomic E-state index is 0.130. The van der Waals surface area contributed by atoms with E-state index in [0.717, 1.165) is 6.07 Å². The van der Waals surface area contributed by atoms with Crippen LogP contribution >= 0.6 is 11.6 Å². The van der Waals surface area contributed by atoms with Crippen molar-refractivity contribution in [3.8, 4) is 0 Å². The van der Waals surface area contributed by atoms with E-state index in [1.54, 1.807) is 0 Å². The summed E-state index contributed by atoms with van der Waals surface area (Å²) in [5.41, 5.74) is 4.34. The monoisotopic (exact) mass is 308 g/mol.